The lowest BCUT2D eigenvalue weighted by Gasteiger charge is -2.29. The molecule has 7 nitrogen and oxygen atoms in total. The Morgan fingerprint density at radius 2 is 2.05 bits per heavy atom. The molecule has 2 heterocycles. The number of hydrogen-bond acceptors (Lipinski definition) is 5. The van der Waals surface area contributed by atoms with E-state index in [0.29, 0.717) is 17.8 Å². The van der Waals surface area contributed by atoms with Crippen molar-refractivity contribution in [2.75, 3.05) is 20.6 Å². The lowest BCUT2D eigenvalue weighted by Crippen LogP contribution is -2.42. The second kappa shape index (κ2) is 6.17. The molecule has 0 fully saturated rings. The van der Waals surface area contributed by atoms with Crippen molar-refractivity contribution in [3.8, 4) is 0 Å². The number of aromatic nitrogens is 2. The van der Waals surface area contributed by atoms with E-state index in [4.69, 9.17) is 0 Å². The Hall–Kier alpha value is -2.70. The summed E-state index contributed by atoms with van der Waals surface area (Å²) in [5.41, 5.74) is 1.36. The van der Waals surface area contributed by atoms with Crippen LogP contribution < -0.4 is 5.32 Å². The van der Waals surface area contributed by atoms with Crippen molar-refractivity contribution in [1.82, 2.24) is 25.1 Å². The van der Waals surface area contributed by atoms with Crippen LogP contribution in [-0.2, 0) is 16.0 Å². The minimum absolute atomic E-state index is 0.0778. The molecule has 2 rings (SSSR count). The Labute approximate surface area is 123 Å². The largest absolute Gasteiger partial charge is 0.347 e. The van der Waals surface area contributed by atoms with Crippen LogP contribution in [-0.4, -0.2) is 52.2 Å². The summed E-state index contributed by atoms with van der Waals surface area (Å²) in [7, 11) is 3.36. The van der Waals surface area contributed by atoms with Crippen LogP contribution >= 0.6 is 0 Å². The predicted molar refractivity (Wildman–Crippen MR) is 76.5 cm³/mol. The molecule has 0 saturated carbocycles. The van der Waals surface area contributed by atoms with Gasteiger partial charge in [0.25, 0.3) is 5.91 Å². The molecule has 0 spiro atoms. The van der Waals surface area contributed by atoms with E-state index in [-0.39, 0.29) is 18.4 Å². The molecule has 0 atom stereocenters. The molecular formula is C14H17N5O2. The van der Waals surface area contributed by atoms with Gasteiger partial charge in [0, 0.05) is 44.7 Å². The lowest BCUT2D eigenvalue weighted by atomic mass is 10.1. The smallest absolute Gasteiger partial charge is 0.254 e. The first kappa shape index (κ1) is 14.7. The molecule has 0 aliphatic carbocycles. The van der Waals surface area contributed by atoms with Crippen molar-refractivity contribution < 1.29 is 9.59 Å². The van der Waals surface area contributed by atoms with Gasteiger partial charge < -0.3 is 15.1 Å². The van der Waals surface area contributed by atoms with E-state index in [1.165, 1.54) is 11.2 Å². The van der Waals surface area contributed by atoms with Gasteiger partial charge in [0.05, 0.1) is 0 Å². The van der Waals surface area contributed by atoms with Crippen molar-refractivity contribution in [3.05, 3.63) is 48.5 Å². The average Bonchev–Trinajstić information content (AvgIpc) is 2.45. The van der Waals surface area contributed by atoms with Crippen LogP contribution in [0.1, 0.15) is 5.56 Å². The minimum Gasteiger partial charge on any atom is -0.347 e. The first-order chi connectivity index (χ1) is 9.97. The number of hydrogen-bond donors (Lipinski definition) is 1. The first-order valence-electron chi connectivity index (χ1n) is 6.39. The van der Waals surface area contributed by atoms with Crippen molar-refractivity contribution in [2.45, 2.75) is 6.42 Å². The van der Waals surface area contributed by atoms with E-state index in [1.807, 2.05) is 0 Å². The van der Waals surface area contributed by atoms with Crippen molar-refractivity contribution in [2.24, 2.45) is 0 Å². The van der Waals surface area contributed by atoms with Crippen LogP contribution in [0.4, 0.5) is 0 Å². The molecule has 21 heavy (non-hydrogen) atoms. The van der Waals surface area contributed by atoms with E-state index in [9.17, 15) is 9.59 Å². The topological polar surface area (TPSA) is 78.4 Å². The fourth-order valence-corrected chi connectivity index (χ4v) is 1.80. The SMILES string of the molecule is C=C1NC(=O)C(Cc2cncnc2)=CN1CC(=O)N(C)C. The average molecular weight is 287 g/mol. The van der Waals surface area contributed by atoms with Gasteiger partial charge in [-0.05, 0) is 5.56 Å². The molecule has 2 amide bonds. The normalized spacial score (nSPS) is 14.6. The predicted octanol–water partition coefficient (Wildman–Crippen LogP) is -0.106. The number of likely N-dealkylation sites (N-methyl/N-ethyl adjacent to an activating group) is 1. The molecule has 110 valence electrons. The Morgan fingerprint density at radius 1 is 1.38 bits per heavy atom. The zero-order chi connectivity index (χ0) is 15.4. The van der Waals surface area contributed by atoms with Gasteiger partial charge >= 0.3 is 0 Å². The van der Waals surface area contributed by atoms with Gasteiger partial charge in [-0.2, -0.15) is 0 Å². The monoisotopic (exact) mass is 287 g/mol. The number of nitrogens with one attached hydrogen (secondary N) is 1. The highest BCUT2D eigenvalue weighted by molar-refractivity contribution is 5.96. The van der Waals surface area contributed by atoms with Crippen molar-refractivity contribution in [3.63, 3.8) is 0 Å². The number of amides is 2. The van der Waals surface area contributed by atoms with Crippen LogP contribution in [0, 0.1) is 0 Å². The van der Waals surface area contributed by atoms with Gasteiger partial charge in [0.2, 0.25) is 5.91 Å². The number of carbonyl (C=O) groups excluding carboxylic acids is 2. The van der Waals surface area contributed by atoms with Crippen LogP contribution in [0.25, 0.3) is 0 Å². The van der Waals surface area contributed by atoms with Gasteiger partial charge in [0.15, 0.2) is 0 Å². The Kier molecular flexibility index (Phi) is 4.32. The lowest BCUT2D eigenvalue weighted by molar-refractivity contribution is -0.129. The number of nitrogens with zero attached hydrogens (tertiary/aromatic N) is 4. The van der Waals surface area contributed by atoms with E-state index < -0.39 is 0 Å². The van der Waals surface area contributed by atoms with Gasteiger partial charge in [-0.15, -0.1) is 0 Å². The molecule has 7 heteroatoms. The standard InChI is InChI=1S/C14H17N5O2/c1-10-17-14(21)12(4-11-5-15-9-16-6-11)7-19(10)8-13(20)18(2)3/h5-7,9H,1,4,8H2,2-3H3,(H,17,21). The Morgan fingerprint density at radius 3 is 2.67 bits per heavy atom. The van der Waals surface area contributed by atoms with Gasteiger partial charge in [0.1, 0.15) is 18.7 Å². The van der Waals surface area contributed by atoms with E-state index in [0.717, 1.165) is 5.56 Å². The highest BCUT2D eigenvalue weighted by Crippen LogP contribution is 2.15. The molecule has 0 unspecified atom stereocenters. The molecule has 0 saturated heterocycles. The highest BCUT2D eigenvalue weighted by atomic mass is 16.2. The fraction of sp³-hybridized carbons (Fsp3) is 0.286. The maximum Gasteiger partial charge on any atom is 0.254 e. The van der Waals surface area contributed by atoms with Crippen LogP contribution in [0.15, 0.2) is 42.9 Å². The third-order valence-corrected chi connectivity index (χ3v) is 3.02. The van der Waals surface area contributed by atoms with Crippen LogP contribution in [0.3, 0.4) is 0 Å². The first-order valence-corrected chi connectivity index (χ1v) is 6.39. The third-order valence-electron chi connectivity index (χ3n) is 3.02. The molecule has 1 aromatic heterocycles. The van der Waals surface area contributed by atoms with Gasteiger partial charge in [-0.25, -0.2) is 9.97 Å². The molecule has 1 aromatic rings. The number of rotatable bonds is 4. The summed E-state index contributed by atoms with van der Waals surface area (Å²) in [5.74, 6) is 0.0895. The highest BCUT2D eigenvalue weighted by Gasteiger charge is 2.23. The Balaban J connectivity index is 2.17. The molecule has 0 radical (unpaired) electrons. The summed E-state index contributed by atoms with van der Waals surface area (Å²) < 4.78 is 0. The van der Waals surface area contributed by atoms with E-state index in [1.54, 1.807) is 37.6 Å². The maximum absolute atomic E-state index is 12.0. The summed E-state index contributed by atoms with van der Waals surface area (Å²) in [6, 6.07) is 0. The summed E-state index contributed by atoms with van der Waals surface area (Å²) in [6.07, 6.45) is 6.78. The number of carbonyl (C=O) groups is 2. The summed E-state index contributed by atoms with van der Waals surface area (Å²) >= 11 is 0. The van der Waals surface area contributed by atoms with E-state index >= 15 is 0 Å². The zero-order valence-corrected chi connectivity index (χ0v) is 12.0. The van der Waals surface area contributed by atoms with E-state index in [2.05, 4.69) is 21.9 Å². The van der Waals surface area contributed by atoms with Crippen molar-refractivity contribution >= 4 is 11.8 Å². The fourth-order valence-electron chi connectivity index (χ4n) is 1.80. The molecule has 1 aliphatic rings. The summed E-state index contributed by atoms with van der Waals surface area (Å²) in [5, 5.41) is 2.66. The second-order valence-corrected chi connectivity index (χ2v) is 4.89. The van der Waals surface area contributed by atoms with Crippen LogP contribution in [0.2, 0.25) is 0 Å². The molecular weight excluding hydrogens is 270 g/mol. The molecule has 0 aromatic carbocycles. The summed E-state index contributed by atoms with van der Waals surface area (Å²) in [4.78, 5) is 34.7. The zero-order valence-electron chi connectivity index (χ0n) is 12.0. The maximum atomic E-state index is 12.0. The summed E-state index contributed by atoms with van der Waals surface area (Å²) in [6.45, 7) is 3.88. The second-order valence-electron chi connectivity index (χ2n) is 4.89. The minimum atomic E-state index is -0.225. The van der Waals surface area contributed by atoms with Crippen molar-refractivity contribution in [1.29, 1.82) is 0 Å². The van der Waals surface area contributed by atoms with Crippen LogP contribution in [0.5, 0.6) is 0 Å². The van der Waals surface area contributed by atoms with Gasteiger partial charge in [-0.1, -0.05) is 6.58 Å². The molecule has 1 aliphatic heterocycles. The molecule has 1 N–H and O–H groups in total. The molecule has 0 bridgehead atoms. The quantitative estimate of drug-likeness (QED) is 0.836. The van der Waals surface area contributed by atoms with Gasteiger partial charge in [-0.3, -0.25) is 9.59 Å². The third kappa shape index (κ3) is 3.65. The Bertz CT molecular complexity index is 595.